The highest BCUT2D eigenvalue weighted by Crippen LogP contribution is 2.44. The summed E-state index contributed by atoms with van der Waals surface area (Å²) in [5.74, 6) is 0.363. The van der Waals surface area contributed by atoms with Crippen LogP contribution in [0, 0.1) is 6.92 Å². The number of rotatable bonds is 9. The van der Waals surface area contributed by atoms with Crippen LogP contribution in [0.2, 0.25) is 0 Å². The fourth-order valence-electron chi connectivity index (χ4n) is 6.85. The number of nitrogens with zero attached hydrogens (tertiary/aromatic N) is 2. The summed E-state index contributed by atoms with van der Waals surface area (Å²) in [5, 5.41) is 90.2. The van der Waals surface area contributed by atoms with E-state index in [1.165, 1.54) is 32.2 Å². The van der Waals surface area contributed by atoms with Crippen molar-refractivity contribution in [3.8, 4) is 28.7 Å². The molecule has 9 N–H and O–H groups in total. The lowest BCUT2D eigenvalue weighted by Crippen LogP contribution is -2.61. The zero-order valence-corrected chi connectivity index (χ0v) is 30.0. The van der Waals surface area contributed by atoms with Crippen molar-refractivity contribution in [2.75, 3.05) is 19.1 Å². The van der Waals surface area contributed by atoms with Crippen LogP contribution in [0.1, 0.15) is 36.1 Å². The van der Waals surface area contributed by atoms with Crippen molar-refractivity contribution >= 4 is 22.4 Å². The summed E-state index contributed by atoms with van der Waals surface area (Å²) in [7, 11) is 1.43. The lowest BCUT2D eigenvalue weighted by molar-refractivity contribution is -0.318. The van der Waals surface area contributed by atoms with Gasteiger partial charge < -0.3 is 69.3 Å². The summed E-state index contributed by atoms with van der Waals surface area (Å²) < 4.78 is 34.2. The van der Waals surface area contributed by atoms with E-state index in [4.69, 9.17) is 28.4 Å². The normalized spacial score (nSPS) is 31.4. The number of para-hydroxylation sites is 1. The van der Waals surface area contributed by atoms with E-state index in [9.17, 15) is 40.9 Å². The van der Waals surface area contributed by atoms with Gasteiger partial charge in [-0.25, -0.2) is 4.98 Å². The molecule has 3 aliphatic rings. The number of pyridine rings is 1. The smallest absolute Gasteiger partial charge is 0.229 e. The third-order valence-corrected chi connectivity index (χ3v) is 9.95. The van der Waals surface area contributed by atoms with Crippen molar-refractivity contribution in [2.45, 2.75) is 87.8 Å². The molecule has 294 valence electrons. The number of phenolic OH excluding ortho intramolecular Hbond substituents is 2. The van der Waals surface area contributed by atoms with E-state index >= 15 is 0 Å². The van der Waals surface area contributed by atoms with Crippen LogP contribution in [0.25, 0.3) is 10.9 Å². The third-order valence-electron chi connectivity index (χ3n) is 9.95. The number of nitrogens with one attached hydrogen (secondary N) is 1. The molecule has 0 saturated carbocycles. The van der Waals surface area contributed by atoms with Gasteiger partial charge in [-0.15, -0.1) is 0 Å². The number of aromatic nitrogens is 1. The first-order chi connectivity index (χ1) is 26.3. The van der Waals surface area contributed by atoms with Gasteiger partial charge in [0.15, 0.2) is 17.8 Å². The molecule has 11 unspecified atom stereocenters. The molecule has 17 heteroatoms. The van der Waals surface area contributed by atoms with E-state index in [1.54, 1.807) is 12.1 Å². The van der Waals surface area contributed by atoms with Crippen molar-refractivity contribution in [3.05, 3.63) is 77.4 Å². The first-order valence-corrected chi connectivity index (χ1v) is 17.6. The molecule has 2 fully saturated rings. The number of benzene rings is 3. The molecule has 1 aromatic heterocycles. The van der Waals surface area contributed by atoms with Gasteiger partial charge in [0, 0.05) is 23.9 Å². The molecular formula is C38H43N3O14. The van der Waals surface area contributed by atoms with Crippen LogP contribution in [0.4, 0.5) is 5.82 Å². The molecule has 17 nitrogen and oxygen atoms in total. The van der Waals surface area contributed by atoms with Gasteiger partial charge in [-0.3, -0.25) is 5.43 Å². The average molecular weight is 766 g/mol. The van der Waals surface area contributed by atoms with E-state index in [-0.39, 0.29) is 40.7 Å². The second kappa shape index (κ2) is 15.7. The molecule has 3 aliphatic heterocycles. The highest BCUT2D eigenvalue weighted by molar-refractivity contribution is 6.07. The maximum Gasteiger partial charge on any atom is 0.229 e. The second-order valence-corrected chi connectivity index (χ2v) is 13.7. The van der Waals surface area contributed by atoms with Crippen LogP contribution < -0.4 is 19.6 Å². The van der Waals surface area contributed by atoms with Crippen LogP contribution in [0.5, 0.6) is 28.7 Å². The van der Waals surface area contributed by atoms with Gasteiger partial charge in [0.05, 0.1) is 36.6 Å². The van der Waals surface area contributed by atoms with E-state index < -0.39 is 74.1 Å². The summed E-state index contributed by atoms with van der Waals surface area (Å²) >= 11 is 0. The molecule has 55 heavy (non-hydrogen) atoms. The minimum atomic E-state index is -1.78. The van der Waals surface area contributed by atoms with Crippen LogP contribution >= 0.6 is 0 Å². The van der Waals surface area contributed by atoms with Gasteiger partial charge >= 0.3 is 0 Å². The number of fused-ring (bicyclic) bond motifs is 2. The molecule has 0 bridgehead atoms. The van der Waals surface area contributed by atoms with Crippen molar-refractivity contribution < 1.29 is 69.3 Å². The SMILES string of the molecule is COc1ccc(C2C/C(=N\Nc3cc(C)c4ccccc4n3)c3c(O)cc(OC4OC(COC5OC(C)C(O)C(O)C5O)C(O)C(O)C4O)cc3O2)cc1O. The first-order valence-electron chi connectivity index (χ1n) is 17.6. The first kappa shape index (κ1) is 38.5. The zero-order valence-electron chi connectivity index (χ0n) is 30.0. The van der Waals surface area contributed by atoms with Crippen LogP contribution in [-0.2, 0) is 14.2 Å². The Kier molecular flexibility index (Phi) is 11.0. The summed E-state index contributed by atoms with van der Waals surface area (Å²) in [6, 6.07) is 17.0. The topological polar surface area (TPSA) is 254 Å². The molecule has 0 radical (unpaired) electrons. The maximum absolute atomic E-state index is 11.4. The Morgan fingerprint density at radius 2 is 1.58 bits per heavy atom. The Hall–Kier alpha value is -4.82. The molecule has 11 atom stereocenters. The minimum Gasteiger partial charge on any atom is -0.507 e. The molecule has 4 aromatic rings. The molecule has 4 heterocycles. The highest BCUT2D eigenvalue weighted by Gasteiger charge is 2.47. The predicted octanol–water partition coefficient (Wildman–Crippen LogP) is 1.33. The molecular weight excluding hydrogens is 722 g/mol. The number of ether oxygens (including phenoxy) is 6. The Bertz CT molecular complexity index is 2050. The Morgan fingerprint density at radius 3 is 2.35 bits per heavy atom. The molecule has 2 saturated heterocycles. The number of hydrogen-bond donors (Lipinski definition) is 9. The number of aliphatic hydroxyl groups excluding tert-OH is 6. The third kappa shape index (κ3) is 7.71. The molecule has 0 amide bonds. The quantitative estimate of drug-likeness (QED) is 0.109. The summed E-state index contributed by atoms with van der Waals surface area (Å²) in [6.07, 6.45) is -15.6. The van der Waals surface area contributed by atoms with Crippen LogP contribution in [-0.4, -0.2) is 127 Å². The Balaban J connectivity index is 1.15. The Morgan fingerprint density at radius 1 is 0.836 bits per heavy atom. The number of aryl methyl sites for hydroxylation is 1. The van der Waals surface area contributed by atoms with Gasteiger partial charge in [0.1, 0.15) is 71.9 Å². The fraction of sp³-hybridized carbons (Fsp3) is 0.421. The second-order valence-electron chi connectivity index (χ2n) is 13.7. The summed E-state index contributed by atoms with van der Waals surface area (Å²) in [6.45, 7) is 2.94. The summed E-state index contributed by atoms with van der Waals surface area (Å²) in [4.78, 5) is 4.66. The summed E-state index contributed by atoms with van der Waals surface area (Å²) in [5.41, 5.74) is 5.92. The molecule has 7 rings (SSSR count). The highest BCUT2D eigenvalue weighted by atomic mass is 16.7. The van der Waals surface area contributed by atoms with Gasteiger partial charge in [-0.2, -0.15) is 5.10 Å². The van der Waals surface area contributed by atoms with Crippen LogP contribution in [0.15, 0.2) is 65.8 Å². The zero-order chi connectivity index (χ0) is 39.1. The van der Waals surface area contributed by atoms with Gasteiger partial charge in [-0.05, 0) is 49.2 Å². The molecule has 3 aromatic carbocycles. The average Bonchev–Trinajstić information content (AvgIpc) is 3.17. The van der Waals surface area contributed by atoms with Crippen LogP contribution in [0.3, 0.4) is 0 Å². The van der Waals surface area contributed by atoms with Gasteiger partial charge in [0.25, 0.3) is 0 Å². The maximum atomic E-state index is 11.4. The standard InChI is InChI=1S/C38H43N3O14/c1-16-10-29(39-21-7-5-4-6-20(16)21)41-40-22-14-26(18-8-9-25(50-3)23(42)11-18)54-27-13-19(12-24(43)30(22)27)53-38-36(49)34(47)32(45)28(55-38)15-51-37-35(48)33(46)31(44)17(2)52-37/h4-13,17,26,28,31-38,42-49H,14-15H2,1-3H3,(H,39,41)/b40-22+. The van der Waals surface area contributed by atoms with E-state index in [0.717, 1.165) is 16.5 Å². The predicted molar refractivity (Wildman–Crippen MR) is 193 cm³/mol. The number of phenols is 2. The van der Waals surface area contributed by atoms with Gasteiger partial charge in [0.2, 0.25) is 6.29 Å². The van der Waals surface area contributed by atoms with Crippen molar-refractivity contribution in [3.63, 3.8) is 0 Å². The number of methoxy groups -OCH3 is 1. The number of hydrogen-bond acceptors (Lipinski definition) is 17. The molecule has 0 spiro atoms. The lowest BCUT2D eigenvalue weighted by atomic mass is 9.94. The fourth-order valence-corrected chi connectivity index (χ4v) is 6.85. The van der Waals surface area contributed by atoms with E-state index in [0.29, 0.717) is 17.1 Å². The van der Waals surface area contributed by atoms with Gasteiger partial charge in [-0.1, -0.05) is 24.3 Å². The van der Waals surface area contributed by atoms with Crippen molar-refractivity contribution in [1.82, 2.24) is 4.98 Å². The number of aliphatic hydroxyl groups is 6. The minimum absolute atomic E-state index is 0.0575. The monoisotopic (exact) mass is 765 g/mol. The van der Waals surface area contributed by atoms with Crippen molar-refractivity contribution in [2.24, 2.45) is 5.10 Å². The molecule has 0 aliphatic carbocycles. The number of hydrazone groups is 1. The van der Waals surface area contributed by atoms with E-state index in [1.807, 2.05) is 37.3 Å². The number of aromatic hydroxyl groups is 2. The van der Waals surface area contributed by atoms with Crippen molar-refractivity contribution in [1.29, 1.82) is 0 Å². The lowest BCUT2D eigenvalue weighted by Gasteiger charge is -2.42. The Labute approximate surface area is 314 Å². The van der Waals surface area contributed by atoms with E-state index in [2.05, 4.69) is 15.5 Å². The largest absolute Gasteiger partial charge is 0.507 e. The number of anilines is 1.